The number of hydrogen-bond donors (Lipinski definition) is 2. The van der Waals surface area contributed by atoms with Crippen molar-refractivity contribution >= 4 is 15.7 Å². The van der Waals surface area contributed by atoms with Crippen molar-refractivity contribution in [1.82, 2.24) is 10.6 Å². The van der Waals surface area contributed by atoms with Gasteiger partial charge in [0, 0.05) is 31.5 Å². The molecule has 0 aliphatic heterocycles. The summed E-state index contributed by atoms with van der Waals surface area (Å²) >= 11 is 0. The summed E-state index contributed by atoms with van der Waals surface area (Å²) in [6.07, 6.45) is 1.20. The highest BCUT2D eigenvalue weighted by Crippen LogP contribution is 2.02. The van der Waals surface area contributed by atoms with Crippen LogP contribution in [0.1, 0.15) is 15.9 Å². The van der Waals surface area contributed by atoms with Gasteiger partial charge in [0.05, 0.1) is 5.75 Å². The van der Waals surface area contributed by atoms with Crippen molar-refractivity contribution < 1.29 is 13.2 Å². The van der Waals surface area contributed by atoms with Gasteiger partial charge >= 0.3 is 0 Å². The number of carbonyl (C=O) groups is 1. The maximum Gasteiger partial charge on any atom is 0.251 e. The van der Waals surface area contributed by atoms with Crippen molar-refractivity contribution in [3.63, 3.8) is 0 Å². The third-order valence-electron chi connectivity index (χ3n) is 2.55. The Kier molecular flexibility index (Phi) is 5.98. The number of carbonyl (C=O) groups excluding carboxylic acids is 1. The summed E-state index contributed by atoms with van der Waals surface area (Å²) in [5.74, 6) is -0.0104. The molecule has 0 unspecified atom stereocenters. The molecule has 106 valence electrons. The first kappa shape index (κ1) is 15.7. The predicted octanol–water partition coefficient (Wildman–Crippen LogP) is 0.359. The van der Waals surface area contributed by atoms with Crippen LogP contribution in [0.25, 0.3) is 0 Å². The minimum Gasteiger partial charge on any atom is -0.351 e. The Morgan fingerprint density at radius 2 is 1.74 bits per heavy atom. The standard InChI is InChI=1S/C13H20N2O3S/c1-11-3-5-12(6-4-11)13(16)15-8-7-14-9-10-19(2,17)18/h3-6,14H,7-10H2,1-2H3,(H,15,16). The molecule has 0 aliphatic carbocycles. The molecule has 0 fully saturated rings. The van der Waals surface area contributed by atoms with Gasteiger partial charge in [0.15, 0.2) is 0 Å². The molecular weight excluding hydrogens is 264 g/mol. The molecule has 0 saturated heterocycles. The molecule has 0 atom stereocenters. The van der Waals surface area contributed by atoms with Crippen molar-refractivity contribution in [3.8, 4) is 0 Å². The quantitative estimate of drug-likeness (QED) is 0.709. The molecule has 0 bridgehead atoms. The van der Waals surface area contributed by atoms with Gasteiger partial charge in [-0.05, 0) is 19.1 Å². The van der Waals surface area contributed by atoms with Gasteiger partial charge in [0.2, 0.25) is 0 Å². The van der Waals surface area contributed by atoms with E-state index in [1.54, 1.807) is 12.1 Å². The molecule has 2 N–H and O–H groups in total. The molecule has 0 aromatic heterocycles. The normalized spacial score (nSPS) is 11.3. The zero-order valence-corrected chi connectivity index (χ0v) is 12.1. The molecule has 5 nitrogen and oxygen atoms in total. The molecule has 0 heterocycles. The van der Waals surface area contributed by atoms with E-state index in [2.05, 4.69) is 10.6 Å². The first-order valence-corrected chi connectivity index (χ1v) is 8.18. The van der Waals surface area contributed by atoms with Crippen LogP contribution in [-0.4, -0.2) is 46.0 Å². The smallest absolute Gasteiger partial charge is 0.251 e. The Bertz CT molecular complexity index is 509. The van der Waals surface area contributed by atoms with Crippen molar-refractivity contribution in [2.75, 3.05) is 31.6 Å². The van der Waals surface area contributed by atoms with Crippen molar-refractivity contribution in [2.24, 2.45) is 0 Å². The minimum atomic E-state index is -2.92. The average molecular weight is 284 g/mol. The maximum absolute atomic E-state index is 11.7. The van der Waals surface area contributed by atoms with E-state index in [9.17, 15) is 13.2 Å². The fourth-order valence-electron chi connectivity index (χ4n) is 1.45. The van der Waals surface area contributed by atoms with Crippen LogP contribution in [0, 0.1) is 6.92 Å². The van der Waals surface area contributed by atoms with E-state index in [0.717, 1.165) is 5.56 Å². The van der Waals surface area contributed by atoms with E-state index < -0.39 is 9.84 Å². The lowest BCUT2D eigenvalue weighted by molar-refractivity contribution is 0.0954. The SMILES string of the molecule is Cc1ccc(C(=O)NCCNCCS(C)(=O)=O)cc1. The topological polar surface area (TPSA) is 75.3 Å². The zero-order chi connectivity index (χ0) is 14.3. The maximum atomic E-state index is 11.7. The van der Waals surface area contributed by atoms with Gasteiger partial charge in [-0.3, -0.25) is 4.79 Å². The van der Waals surface area contributed by atoms with E-state index >= 15 is 0 Å². The molecule has 0 spiro atoms. The van der Waals surface area contributed by atoms with Crippen LogP contribution in [0.15, 0.2) is 24.3 Å². The highest BCUT2D eigenvalue weighted by molar-refractivity contribution is 7.90. The third kappa shape index (κ3) is 6.93. The lowest BCUT2D eigenvalue weighted by atomic mass is 10.1. The van der Waals surface area contributed by atoms with Gasteiger partial charge in [-0.1, -0.05) is 17.7 Å². The van der Waals surface area contributed by atoms with E-state index in [0.29, 0.717) is 25.2 Å². The highest BCUT2D eigenvalue weighted by Gasteiger charge is 2.04. The van der Waals surface area contributed by atoms with Crippen LogP contribution in [0.3, 0.4) is 0 Å². The fourth-order valence-corrected chi connectivity index (χ4v) is 1.97. The minimum absolute atomic E-state index is 0.110. The molecule has 6 heteroatoms. The summed E-state index contributed by atoms with van der Waals surface area (Å²) in [6, 6.07) is 7.34. The molecular formula is C13H20N2O3S. The van der Waals surface area contributed by atoms with Gasteiger partial charge in [-0.2, -0.15) is 0 Å². The lowest BCUT2D eigenvalue weighted by Crippen LogP contribution is -2.33. The summed E-state index contributed by atoms with van der Waals surface area (Å²) in [6.45, 7) is 3.39. The van der Waals surface area contributed by atoms with Crippen LogP contribution in [0.2, 0.25) is 0 Å². The van der Waals surface area contributed by atoms with Crippen molar-refractivity contribution in [1.29, 1.82) is 0 Å². The van der Waals surface area contributed by atoms with Crippen LogP contribution in [-0.2, 0) is 9.84 Å². The molecule has 1 aromatic carbocycles. The number of sulfone groups is 1. The summed E-state index contributed by atoms with van der Waals surface area (Å²) in [7, 11) is -2.92. The Morgan fingerprint density at radius 1 is 1.11 bits per heavy atom. The van der Waals surface area contributed by atoms with Crippen LogP contribution in [0.4, 0.5) is 0 Å². The second-order valence-corrected chi connectivity index (χ2v) is 6.76. The molecule has 1 amide bonds. The first-order chi connectivity index (χ1) is 8.88. The van der Waals surface area contributed by atoms with Gasteiger partial charge in [-0.25, -0.2) is 8.42 Å². The van der Waals surface area contributed by atoms with Gasteiger partial charge in [0.25, 0.3) is 5.91 Å². The van der Waals surface area contributed by atoms with E-state index in [1.807, 2.05) is 19.1 Å². The largest absolute Gasteiger partial charge is 0.351 e. The summed E-state index contributed by atoms with van der Waals surface area (Å²) < 4.78 is 21.7. The molecule has 0 radical (unpaired) electrons. The fraction of sp³-hybridized carbons (Fsp3) is 0.462. The summed E-state index contributed by atoms with van der Waals surface area (Å²) in [5.41, 5.74) is 1.74. The Hall–Kier alpha value is -1.40. The van der Waals surface area contributed by atoms with Gasteiger partial charge in [0.1, 0.15) is 9.84 Å². The van der Waals surface area contributed by atoms with Crippen molar-refractivity contribution in [2.45, 2.75) is 6.92 Å². The molecule has 0 aliphatic rings. The first-order valence-electron chi connectivity index (χ1n) is 6.12. The number of amides is 1. The van der Waals surface area contributed by atoms with Crippen LogP contribution < -0.4 is 10.6 Å². The Labute approximate surface area is 114 Å². The van der Waals surface area contributed by atoms with Crippen LogP contribution in [0.5, 0.6) is 0 Å². The summed E-state index contributed by atoms with van der Waals surface area (Å²) in [5, 5.41) is 5.73. The second-order valence-electron chi connectivity index (χ2n) is 4.50. The number of hydrogen-bond acceptors (Lipinski definition) is 4. The molecule has 0 saturated carbocycles. The Balaban J connectivity index is 2.19. The highest BCUT2D eigenvalue weighted by atomic mass is 32.2. The monoisotopic (exact) mass is 284 g/mol. The number of benzene rings is 1. The molecule has 1 aromatic rings. The molecule has 19 heavy (non-hydrogen) atoms. The Morgan fingerprint density at radius 3 is 2.32 bits per heavy atom. The van der Waals surface area contributed by atoms with Gasteiger partial charge in [-0.15, -0.1) is 0 Å². The lowest BCUT2D eigenvalue weighted by Gasteiger charge is -2.06. The average Bonchev–Trinajstić information content (AvgIpc) is 2.33. The third-order valence-corrected chi connectivity index (χ3v) is 3.50. The second kappa shape index (κ2) is 7.25. The predicted molar refractivity (Wildman–Crippen MR) is 76.1 cm³/mol. The van der Waals surface area contributed by atoms with Crippen LogP contribution >= 0.6 is 0 Å². The van der Waals surface area contributed by atoms with Crippen molar-refractivity contribution in [3.05, 3.63) is 35.4 Å². The van der Waals surface area contributed by atoms with Gasteiger partial charge < -0.3 is 10.6 Å². The zero-order valence-electron chi connectivity index (χ0n) is 11.3. The number of rotatable bonds is 7. The van der Waals surface area contributed by atoms with E-state index in [4.69, 9.17) is 0 Å². The van der Waals surface area contributed by atoms with E-state index in [1.165, 1.54) is 6.26 Å². The number of aryl methyl sites for hydroxylation is 1. The number of nitrogens with one attached hydrogen (secondary N) is 2. The summed E-state index contributed by atoms with van der Waals surface area (Å²) in [4.78, 5) is 11.7. The molecule has 1 rings (SSSR count). The van der Waals surface area contributed by atoms with E-state index in [-0.39, 0.29) is 11.7 Å².